The highest BCUT2D eigenvalue weighted by Crippen LogP contribution is 2.41. The monoisotopic (exact) mass is 454 g/mol. The highest BCUT2D eigenvalue weighted by molar-refractivity contribution is 6.31. The zero-order valence-electron chi connectivity index (χ0n) is 17.3. The van der Waals surface area contributed by atoms with E-state index in [2.05, 4.69) is 15.6 Å². The second-order valence-corrected chi connectivity index (χ2v) is 8.04. The molecule has 0 spiro atoms. The summed E-state index contributed by atoms with van der Waals surface area (Å²) >= 11 is 0. The molecule has 2 heterocycles. The van der Waals surface area contributed by atoms with E-state index in [1.54, 1.807) is 12.1 Å². The molecule has 3 amide bonds. The Kier molecular flexibility index (Phi) is 5.75. The number of hydrogen-bond acceptors (Lipinski definition) is 5. The summed E-state index contributed by atoms with van der Waals surface area (Å²) in [6, 6.07) is 5.30. The van der Waals surface area contributed by atoms with Gasteiger partial charge in [0.2, 0.25) is 5.91 Å². The first kappa shape index (κ1) is 22.0. The first-order valence-electron chi connectivity index (χ1n) is 10.5. The number of halogens is 1. The highest BCUT2D eigenvalue weighted by atomic mass is 35.5. The number of hydrogen-bond donors (Lipinski definition) is 4. The van der Waals surface area contributed by atoms with Gasteiger partial charge in [0.05, 0.1) is 16.6 Å². The van der Waals surface area contributed by atoms with Gasteiger partial charge >= 0.3 is 0 Å². The van der Waals surface area contributed by atoms with Gasteiger partial charge in [0.15, 0.2) is 5.78 Å². The molecule has 5 N–H and O–H groups in total. The number of benzene rings is 2. The number of fused-ring (bicyclic) bond motifs is 8. The van der Waals surface area contributed by atoms with Crippen LogP contribution in [0.15, 0.2) is 18.2 Å². The molecule has 0 radical (unpaired) electrons. The third kappa shape index (κ3) is 3.36. The van der Waals surface area contributed by atoms with E-state index in [-0.39, 0.29) is 42.8 Å². The smallest absolute Gasteiger partial charge is 0.259 e. The van der Waals surface area contributed by atoms with Crippen LogP contribution < -0.4 is 16.4 Å². The number of amides is 3. The van der Waals surface area contributed by atoms with Crippen LogP contribution in [0.1, 0.15) is 61.5 Å². The first-order chi connectivity index (χ1) is 15.0. The van der Waals surface area contributed by atoms with Gasteiger partial charge in [-0.15, -0.1) is 12.4 Å². The number of carbonyl (C=O) groups is 4. The van der Waals surface area contributed by atoms with E-state index in [1.807, 2.05) is 6.07 Å². The molecule has 2 aromatic carbocycles. The van der Waals surface area contributed by atoms with Gasteiger partial charge in [0, 0.05) is 47.8 Å². The van der Waals surface area contributed by atoms with Crippen LogP contribution in [-0.2, 0) is 17.6 Å². The molecule has 0 bridgehead atoms. The van der Waals surface area contributed by atoms with E-state index in [9.17, 15) is 19.2 Å². The predicted molar refractivity (Wildman–Crippen MR) is 123 cm³/mol. The summed E-state index contributed by atoms with van der Waals surface area (Å²) in [7, 11) is 0. The SMILES string of the molecule is Cl.NCCNC(=O)CCC(=O)c1ccc2[nH]c3c4c(c5c(c3c2c1)C(=O)NC5=O)CCC4. The Hall–Kier alpha value is -3.23. The Morgan fingerprint density at radius 2 is 1.78 bits per heavy atom. The van der Waals surface area contributed by atoms with Crippen molar-refractivity contribution in [2.24, 2.45) is 5.73 Å². The third-order valence-electron chi connectivity index (χ3n) is 6.17. The molecule has 8 nitrogen and oxygen atoms in total. The van der Waals surface area contributed by atoms with E-state index in [0.29, 0.717) is 35.2 Å². The number of ketones is 1. The van der Waals surface area contributed by atoms with Crippen LogP contribution >= 0.6 is 12.4 Å². The summed E-state index contributed by atoms with van der Waals surface area (Å²) in [5, 5.41) is 6.52. The molecule has 1 aromatic heterocycles. The second kappa shape index (κ2) is 8.37. The molecular weight excluding hydrogens is 432 g/mol. The number of aromatic nitrogens is 1. The van der Waals surface area contributed by atoms with Crippen LogP contribution in [0.2, 0.25) is 0 Å². The lowest BCUT2D eigenvalue weighted by molar-refractivity contribution is -0.121. The fourth-order valence-corrected chi connectivity index (χ4v) is 4.80. The zero-order chi connectivity index (χ0) is 21.7. The molecule has 0 fully saturated rings. The molecule has 9 heteroatoms. The largest absolute Gasteiger partial charge is 0.355 e. The molecule has 0 unspecified atom stereocenters. The van der Waals surface area contributed by atoms with Crippen molar-refractivity contribution in [3.63, 3.8) is 0 Å². The molecule has 1 aliphatic carbocycles. The van der Waals surface area contributed by atoms with Gasteiger partial charge in [0.25, 0.3) is 11.8 Å². The van der Waals surface area contributed by atoms with Crippen LogP contribution in [0.25, 0.3) is 21.8 Å². The maximum absolute atomic E-state index is 12.7. The maximum atomic E-state index is 12.7. The highest BCUT2D eigenvalue weighted by Gasteiger charge is 2.36. The fourth-order valence-electron chi connectivity index (χ4n) is 4.80. The van der Waals surface area contributed by atoms with Crippen LogP contribution in [0.3, 0.4) is 0 Å². The molecule has 1 aliphatic heterocycles. The normalized spacial score (nSPS) is 14.3. The standard InChI is InChI=1S/C23H22N4O4.ClH/c24-8-9-25-17(29)7-6-16(28)11-4-5-15-14(10-11)18-20-19(22(30)27-23(20)31)12-2-1-3-13(12)21(18)26-15;/h4-5,10,26H,1-3,6-9,24H2,(H,25,29)(H,27,30,31);1H. The Bertz CT molecular complexity index is 1310. The lowest BCUT2D eigenvalue weighted by Gasteiger charge is -2.07. The van der Waals surface area contributed by atoms with Crippen LogP contribution in [-0.4, -0.2) is 41.6 Å². The number of carbonyl (C=O) groups excluding carboxylic acids is 4. The van der Waals surface area contributed by atoms with Crippen molar-refractivity contribution in [2.75, 3.05) is 13.1 Å². The topological polar surface area (TPSA) is 134 Å². The average Bonchev–Trinajstić information content (AvgIpc) is 3.45. The Morgan fingerprint density at radius 1 is 1.03 bits per heavy atom. The van der Waals surface area contributed by atoms with Gasteiger partial charge < -0.3 is 16.0 Å². The van der Waals surface area contributed by atoms with Gasteiger partial charge in [-0.3, -0.25) is 24.5 Å². The minimum Gasteiger partial charge on any atom is -0.355 e. The van der Waals surface area contributed by atoms with Crippen LogP contribution in [0.4, 0.5) is 0 Å². The first-order valence-corrected chi connectivity index (χ1v) is 10.5. The van der Waals surface area contributed by atoms with Gasteiger partial charge in [-0.1, -0.05) is 0 Å². The summed E-state index contributed by atoms with van der Waals surface area (Å²) in [5.74, 6) is -1.10. The molecule has 5 rings (SSSR count). The number of Topliss-reactive ketones (excluding diaryl/α,β-unsaturated/α-hetero) is 1. The Labute approximate surface area is 189 Å². The summed E-state index contributed by atoms with van der Waals surface area (Å²) in [4.78, 5) is 53.0. The van der Waals surface area contributed by atoms with Crippen molar-refractivity contribution in [1.29, 1.82) is 0 Å². The van der Waals surface area contributed by atoms with E-state index in [4.69, 9.17) is 5.73 Å². The minimum atomic E-state index is -0.395. The van der Waals surface area contributed by atoms with Gasteiger partial charge in [0.1, 0.15) is 0 Å². The van der Waals surface area contributed by atoms with Crippen molar-refractivity contribution < 1.29 is 19.2 Å². The van der Waals surface area contributed by atoms with E-state index in [1.165, 1.54) is 0 Å². The zero-order valence-corrected chi connectivity index (χ0v) is 18.1. The molecule has 32 heavy (non-hydrogen) atoms. The van der Waals surface area contributed by atoms with Crippen LogP contribution in [0.5, 0.6) is 0 Å². The fraction of sp³-hybridized carbons (Fsp3) is 0.304. The Morgan fingerprint density at radius 3 is 2.56 bits per heavy atom. The molecule has 2 aliphatic rings. The van der Waals surface area contributed by atoms with Crippen molar-refractivity contribution >= 4 is 57.7 Å². The Balaban J connectivity index is 0.00000245. The molecular formula is C23H23ClN4O4. The summed E-state index contributed by atoms with van der Waals surface area (Å²) in [6.45, 7) is 0.728. The molecule has 3 aromatic rings. The number of H-pyrrole nitrogens is 1. The van der Waals surface area contributed by atoms with Crippen molar-refractivity contribution in [1.82, 2.24) is 15.6 Å². The molecule has 0 saturated carbocycles. The second-order valence-electron chi connectivity index (χ2n) is 8.04. The summed E-state index contributed by atoms with van der Waals surface area (Å²) < 4.78 is 0. The average molecular weight is 455 g/mol. The number of nitrogens with one attached hydrogen (secondary N) is 3. The number of rotatable bonds is 6. The van der Waals surface area contributed by atoms with E-state index < -0.39 is 5.91 Å². The van der Waals surface area contributed by atoms with Crippen molar-refractivity contribution in [3.8, 4) is 0 Å². The predicted octanol–water partition coefficient (Wildman–Crippen LogP) is 2.15. The number of nitrogens with two attached hydrogens (primary N) is 1. The molecule has 166 valence electrons. The molecule has 0 saturated heterocycles. The van der Waals surface area contributed by atoms with Gasteiger partial charge in [-0.25, -0.2) is 0 Å². The van der Waals surface area contributed by atoms with Crippen LogP contribution in [0, 0.1) is 0 Å². The van der Waals surface area contributed by atoms with Gasteiger partial charge in [-0.05, 0) is 48.6 Å². The third-order valence-corrected chi connectivity index (χ3v) is 6.17. The maximum Gasteiger partial charge on any atom is 0.259 e. The number of imide groups is 1. The summed E-state index contributed by atoms with van der Waals surface area (Å²) in [5.41, 5.74) is 10.4. The minimum absolute atomic E-state index is 0. The van der Waals surface area contributed by atoms with E-state index >= 15 is 0 Å². The van der Waals surface area contributed by atoms with Gasteiger partial charge in [-0.2, -0.15) is 0 Å². The number of aryl methyl sites for hydroxylation is 1. The van der Waals surface area contributed by atoms with Crippen molar-refractivity contribution in [2.45, 2.75) is 32.1 Å². The van der Waals surface area contributed by atoms with E-state index in [0.717, 1.165) is 46.8 Å². The lowest BCUT2D eigenvalue weighted by Crippen LogP contribution is -2.29. The quantitative estimate of drug-likeness (QED) is 0.334. The molecule has 0 atom stereocenters. The number of aromatic amines is 1. The van der Waals surface area contributed by atoms with Crippen molar-refractivity contribution in [3.05, 3.63) is 46.0 Å². The summed E-state index contributed by atoms with van der Waals surface area (Å²) in [6.07, 6.45) is 2.73. The lowest BCUT2D eigenvalue weighted by atomic mass is 9.93.